The van der Waals surface area contributed by atoms with E-state index in [1.807, 2.05) is 19.1 Å². The molecule has 0 bridgehead atoms. The molecule has 1 aliphatic heterocycles. The van der Waals surface area contributed by atoms with Crippen molar-refractivity contribution in [1.82, 2.24) is 0 Å². The lowest BCUT2D eigenvalue weighted by Gasteiger charge is -2.22. The van der Waals surface area contributed by atoms with Gasteiger partial charge in [0.2, 0.25) is 0 Å². The number of ether oxygens (including phenoxy) is 1. The maximum Gasteiger partial charge on any atom is 0.277 e. The monoisotopic (exact) mass is 398 g/mol. The Hall–Kier alpha value is -2.79. The third-order valence-electron chi connectivity index (χ3n) is 4.72. The van der Waals surface area contributed by atoms with Crippen LogP contribution in [0.3, 0.4) is 0 Å². The van der Waals surface area contributed by atoms with Crippen LogP contribution in [-0.4, -0.2) is 31.5 Å². The third-order valence-corrected chi connectivity index (χ3v) is 5.07. The van der Waals surface area contributed by atoms with Crippen molar-refractivity contribution >= 4 is 40.4 Å². The van der Waals surface area contributed by atoms with E-state index in [2.05, 4.69) is 18.7 Å². The summed E-state index contributed by atoms with van der Waals surface area (Å²) in [6, 6.07) is 14.4. The van der Waals surface area contributed by atoms with Crippen molar-refractivity contribution in [1.29, 1.82) is 0 Å². The molecule has 2 amide bonds. The van der Waals surface area contributed by atoms with Crippen molar-refractivity contribution in [3.8, 4) is 5.75 Å². The van der Waals surface area contributed by atoms with Crippen molar-refractivity contribution < 1.29 is 14.3 Å². The largest absolute Gasteiger partial charge is 0.494 e. The van der Waals surface area contributed by atoms with Crippen LogP contribution in [0.1, 0.15) is 26.3 Å². The number of hydrogen-bond donors (Lipinski definition) is 0. The Labute approximate surface area is 170 Å². The first-order valence-corrected chi connectivity index (χ1v) is 9.76. The van der Waals surface area contributed by atoms with E-state index in [4.69, 9.17) is 16.3 Å². The summed E-state index contributed by atoms with van der Waals surface area (Å²) in [6.45, 7) is 8.38. The number of rotatable bonds is 7. The minimum atomic E-state index is -0.508. The average molecular weight is 399 g/mol. The van der Waals surface area contributed by atoms with Gasteiger partial charge in [0, 0.05) is 18.8 Å². The van der Waals surface area contributed by atoms with E-state index < -0.39 is 11.8 Å². The van der Waals surface area contributed by atoms with Crippen molar-refractivity contribution in [2.75, 3.05) is 29.5 Å². The maximum atomic E-state index is 13.0. The summed E-state index contributed by atoms with van der Waals surface area (Å²) >= 11 is 6.26. The van der Waals surface area contributed by atoms with Crippen molar-refractivity contribution in [2.24, 2.45) is 0 Å². The molecule has 0 spiro atoms. The van der Waals surface area contributed by atoms with Crippen LogP contribution in [-0.2, 0) is 9.59 Å². The summed E-state index contributed by atoms with van der Waals surface area (Å²) in [5.41, 5.74) is 2.35. The van der Waals surface area contributed by atoms with E-state index in [0.29, 0.717) is 23.6 Å². The minimum Gasteiger partial charge on any atom is -0.494 e. The highest BCUT2D eigenvalue weighted by molar-refractivity contribution is 6.60. The summed E-state index contributed by atoms with van der Waals surface area (Å²) in [5, 5.41) is -0.0676. The molecule has 28 heavy (non-hydrogen) atoms. The molecule has 1 heterocycles. The molecule has 0 unspecified atom stereocenters. The minimum absolute atomic E-state index is 0.0676. The molecule has 0 atom stereocenters. The van der Waals surface area contributed by atoms with Gasteiger partial charge in [-0.25, -0.2) is 4.90 Å². The summed E-state index contributed by atoms with van der Waals surface area (Å²) in [4.78, 5) is 29.0. The molecule has 5 nitrogen and oxygen atoms in total. The summed E-state index contributed by atoms with van der Waals surface area (Å²) in [7, 11) is 0. The predicted molar refractivity (Wildman–Crippen MR) is 113 cm³/mol. The standard InChI is InChI=1S/C22H23ClN2O3/c1-4-24(5-2)16-9-11-17(12-10-16)25-21(26)19(20(23)22(25)27)15-7-13-18(14-8-15)28-6-3/h7-14H,4-6H2,1-3H3. The van der Waals surface area contributed by atoms with Gasteiger partial charge in [0.15, 0.2) is 0 Å². The number of imide groups is 1. The second kappa shape index (κ2) is 8.48. The Balaban J connectivity index is 1.88. The van der Waals surface area contributed by atoms with Crippen LogP contribution < -0.4 is 14.5 Å². The quantitative estimate of drug-likeness (QED) is 0.646. The average Bonchev–Trinajstić information content (AvgIpc) is 2.93. The molecule has 2 aromatic rings. The van der Waals surface area contributed by atoms with Gasteiger partial charge in [0.25, 0.3) is 11.8 Å². The second-order valence-corrected chi connectivity index (χ2v) is 6.66. The molecule has 0 N–H and O–H groups in total. The number of anilines is 2. The first-order valence-electron chi connectivity index (χ1n) is 9.38. The number of amides is 2. The Morgan fingerprint density at radius 3 is 2.04 bits per heavy atom. The van der Waals surface area contributed by atoms with Crippen LogP contribution in [0.5, 0.6) is 5.75 Å². The topological polar surface area (TPSA) is 49.9 Å². The van der Waals surface area contributed by atoms with E-state index in [1.54, 1.807) is 36.4 Å². The highest BCUT2D eigenvalue weighted by atomic mass is 35.5. The third kappa shape index (κ3) is 3.62. The smallest absolute Gasteiger partial charge is 0.277 e. The van der Waals surface area contributed by atoms with Gasteiger partial charge in [-0.1, -0.05) is 23.7 Å². The van der Waals surface area contributed by atoms with E-state index in [9.17, 15) is 9.59 Å². The summed E-state index contributed by atoms with van der Waals surface area (Å²) in [6.07, 6.45) is 0. The molecular formula is C22H23ClN2O3. The fourth-order valence-corrected chi connectivity index (χ4v) is 3.55. The van der Waals surface area contributed by atoms with E-state index in [0.717, 1.165) is 23.7 Å². The molecule has 0 saturated heterocycles. The SMILES string of the molecule is CCOc1ccc(C2=C(Cl)C(=O)N(c3ccc(N(CC)CC)cc3)C2=O)cc1. The number of benzene rings is 2. The summed E-state index contributed by atoms with van der Waals surface area (Å²) < 4.78 is 5.42. The molecule has 2 aromatic carbocycles. The van der Waals surface area contributed by atoms with Crippen LogP contribution in [0.25, 0.3) is 5.57 Å². The van der Waals surface area contributed by atoms with Crippen LogP contribution in [0.2, 0.25) is 0 Å². The van der Waals surface area contributed by atoms with Crippen molar-refractivity contribution in [2.45, 2.75) is 20.8 Å². The van der Waals surface area contributed by atoms with E-state index >= 15 is 0 Å². The zero-order valence-electron chi connectivity index (χ0n) is 16.2. The van der Waals surface area contributed by atoms with Gasteiger partial charge in [0.05, 0.1) is 17.9 Å². The Morgan fingerprint density at radius 1 is 0.893 bits per heavy atom. The van der Waals surface area contributed by atoms with Gasteiger partial charge in [-0.15, -0.1) is 0 Å². The zero-order valence-corrected chi connectivity index (χ0v) is 17.0. The van der Waals surface area contributed by atoms with Gasteiger partial charge >= 0.3 is 0 Å². The van der Waals surface area contributed by atoms with E-state index in [1.165, 1.54) is 0 Å². The molecule has 0 fully saturated rings. The molecule has 0 radical (unpaired) electrons. The molecule has 1 aliphatic rings. The maximum absolute atomic E-state index is 13.0. The molecule has 0 saturated carbocycles. The van der Waals surface area contributed by atoms with Gasteiger partial charge in [0.1, 0.15) is 10.8 Å². The molecule has 146 valence electrons. The zero-order chi connectivity index (χ0) is 20.3. The number of halogens is 1. The Kier molecular flexibility index (Phi) is 6.05. The fourth-order valence-electron chi connectivity index (χ4n) is 3.27. The van der Waals surface area contributed by atoms with Crippen LogP contribution in [0, 0.1) is 0 Å². The van der Waals surface area contributed by atoms with Gasteiger partial charge in [-0.3, -0.25) is 9.59 Å². The number of nitrogens with zero attached hydrogens (tertiary/aromatic N) is 2. The number of hydrogen-bond acceptors (Lipinski definition) is 4. The molecule has 6 heteroatoms. The van der Waals surface area contributed by atoms with Gasteiger partial charge in [-0.2, -0.15) is 0 Å². The normalized spacial score (nSPS) is 14.1. The number of carbonyl (C=O) groups excluding carboxylic acids is 2. The molecule has 3 rings (SSSR count). The summed E-state index contributed by atoms with van der Waals surface area (Å²) in [5.74, 6) is -0.232. The van der Waals surface area contributed by atoms with Gasteiger partial charge in [-0.05, 0) is 62.7 Å². The number of carbonyl (C=O) groups is 2. The molecule has 0 aliphatic carbocycles. The fraction of sp³-hybridized carbons (Fsp3) is 0.273. The Morgan fingerprint density at radius 2 is 1.50 bits per heavy atom. The van der Waals surface area contributed by atoms with Crippen molar-refractivity contribution in [3.05, 3.63) is 59.1 Å². The van der Waals surface area contributed by atoms with Crippen LogP contribution in [0.4, 0.5) is 11.4 Å². The van der Waals surface area contributed by atoms with Crippen LogP contribution in [0.15, 0.2) is 53.6 Å². The molecular weight excluding hydrogens is 376 g/mol. The Bertz CT molecular complexity index is 900. The lowest BCUT2D eigenvalue weighted by molar-refractivity contribution is -0.119. The first-order chi connectivity index (χ1) is 13.5. The second-order valence-electron chi connectivity index (χ2n) is 6.28. The highest BCUT2D eigenvalue weighted by Gasteiger charge is 2.39. The highest BCUT2D eigenvalue weighted by Crippen LogP contribution is 2.35. The first kappa shape index (κ1) is 20.0. The lowest BCUT2D eigenvalue weighted by Crippen LogP contribution is -2.31. The predicted octanol–water partition coefficient (Wildman–Crippen LogP) is 4.45. The van der Waals surface area contributed by atoms with Crippen molar-refractivity contribution in [3.63, 3.8) is 0 Å². The van der Waals surface area contributed by atoms with E-state index in [-0.39, 0.29) is 10.6 Å². The van der Waals surface area contributed by atoms with Gasteiger partial charge < -0.3 is 9.64 Å². The molecule has 0 aromatic heterocycles. The lowest BCUT2D eigenvalue weighted by atomic mass is 10.1. The van der Waals surface area contributed by atoms with Crippen LogP contribution >= 0.6 is 11.6 Å².